The highest BCUT2D eigenvalue weighted by atomic mass is 16.6. The van der Waals surface area contributed by atoms with Gasteiger partial charge in [-0.25, -0.2) is 9.78 Å². The molecule has 3 aromatic carbocycles. The second-order valence-electron chi connectivity index (χ2n) is 11.9. The fourth-order valence-electron chi connectivity index (χ4n) is 5.28. The van der Waals surface area contributed by atoms with E-state index in [1.54, 1.807) is 20.8 Å². The minimum Gasteiger partial charge on any atom is -0.481 e. The number of esters is 1. The zero-order chi connectivity index (χ0) is 29.5. The van der Waals surface area contributed by atoms with Gasteiger partial charge in [0.15, 0.2) is 5.69 Å². The van der Waals surface area contributed by atoms with Crippen molar-refractivity contribution >= 4 is 11.7 Å². The number of benzene rings is 3. The van der Waals surface area contributed by atoms with Crippen LogP contribution in [0, 0.1) is 5.92 Å². The van der Waals surface area contributed by atoms with Crippen LogP contribution in [0.15, 0.2) is 89.7 Å². The first-order valence-corrected chi connectivity index (χ1v) is 14.6. The Labute approximate surface area is 247 Å². The van der Waals surface area contributed by atoms with Crippen molar-refractivity contribution in [2.45, 2.75) is 58.7 Å². The van der Waals surface area contributed by atoms with E-state index in [1.165, 1.54) is 24.1 Å². The maximum absolute atomic E-state index is 13.1. The van der Waals surface area contributed by atoms with Crippen LogP contribution < -0.4 is 15.2 Å². The van der Waals surface area contributed by atoms with Gasteiger partial charge in [0.25, 0.3) is 5.56 Å². The highest BCUT2D eigenvalue weighted by Crippen LogP contribution is 2.26. The van der Waals surface area contributed by atoms with Crippen LogP contribution in [0.25, 0.3) is 0 Å². The fraction of sp³-hybridized carbons (Fsp3) is 0.343. The van der Waals surface area contributed by atoms with Gasteiger partial charge < -0.3 is 19.4 Å². The molecule has 2 heterocycles. The van der Waals surface area contributed by atoms with Crippen molar-refractivity contribution in [1.82, 2.24) is 9.97 Å². The Morgan fingerprint density at radius 2 is 1.50 bits per heavy atom. The first-order chi connectivity index (χ1) is 20.2. The second kappa shape index (κ2) is 13.1. The molecule has 4 aromatic rings. The third kappa shape index (κ3) is 7.87. The molecule has 0 amide bonds. The van der Waals surface area contributed by atoms with Gasteiger partial charge in [0, 0.05) is 25.2 Å². The predicted octanol–water partition coefficient (Wildman–Crippen LogP) is 6.35. The smallest absolute Gasteiger partial charge is 0.361 e. The van der Waals surface area contributed by atoms with Crippen molar-refractivity contribution in [3.63, 3.8) is 0 Å². The number of carbonyl (C=O) groups is 1. The molecular weight excluding hydrogens is 526 g/mol. The van der Waals surface area contributed by atoms with E-state index >= 15 is 0 Å². The molecule has 1 aliphatic heterocycles. The number of hydrogen-bond acceptors (Lipinski definition) is 6. The molecule has 1 fully saturated rings. The van der Waals surface area contributed by atoms with E-state index in [1.807, 2.05) is 30.3 Å². The Bertz CT molecular complexity index is 1520. The van der Waals surface area contributed by atoms with E-state index in [9.17, 15) is 9.59 Å². The van der Waals surface area contributed by atoms with Crippen LogP contribution in [-0.4, -0.2) is 34.6 Å². The lowest BCUT2D eigenvalue weighted by molar-refractivity contribution is 0.00572. The first-order valence-electron chi connectivity index (χ1n) is 14.6. The largest absolute Gasteiger partial charge is 0.481 e. The molecule has 42 heavy (non-hydrogen) atoms. The number of aromatic nitrogens is 2. The molecule has 7 nitrogen and oxygen atoms in total. The van der Waals surface area contributed by atoms with E-state index in [0.29, 0.717) is 18.2 Å². The molecule has 0 atom stereocenters. The third-order valence-corrected chi connectivity index (χ3v) is 7.40. The number of aromatic amines is 1. The van der Waals surface area contributed by atoms with Gasteiger partial charge in [-0.05, 0) is 74.8 Å². The van der Waals surface area contributed by atoms with Gasteiger partial charge in [-0.2, -0.15) is 0 Å². The van der Waals surface area contributed by atoms with Crippen LogP contribution in [0.1, 0.15) is 66.6 Å². The molecule has 1 aliphatic rings. The van der Waals surface area contributed by atoms with Crippen LogP contribution in [0.4, 0.5) is 5.69 Å². The fourth-order valence-corrected chi connectivity index (χ4v) is 5.28. The Balaban J connectivity index is 1.26. The molecule has 0 unspecified atom stereocenters. The lowest BCUT2D eigenvalue weighted by Crippen LogP contribution is -2.34. The number of nitrogens with one attached hydrogen (secondary N) is 1. The average molecular weight is 566 g/mol. The van der Waals surface area contributed by atoms with Crippen LogP contribution in [0.3, 0.4) is 0 Å². The molecule has 1 aromatic heterocycles. The van der Waals surface area contributed by atoms with Crippen molar-refractivity contribution in [3.05, 3.63) is 123 Å². The standard InChI is InChI=1S/C35H39N3O4/c1-35(2,3)42-34(40)31-32(41-24-28-12-8-5-9-13-28)33(39)37-30(36-31)23-26-14-16-29(17-15-26)38-20-18-27(19-21-38)22-25-10-6-4-7-11-25/h4-17,27H,18-24H2,1-3H3,(H,36,37,39). The number of ether oxygens (including phenoxy) is 2. The number of piperidine rings is 1. The number of rotatable bonds is 9. The normalized spacial score (nSPS) is 14.0. The van der Waals surface area contributed by atoms with Gasteiger partial charge in [-0.15, -0.1) is 0 Å². The number of hydrogen-bond donors (Lipinski definition) is 1. The maximum Gasteiger partial charge on any atom is 0.361 e. The summed E-state index contributed by atoms with van der Waals surface area (Å²) in [6, 6.07) is 28.5. The minimum atomic E-state index is -0.746. The van der Waals surface area contributed by atoms with Crippen LogP contribution in [0.5, 0.6) is 5.75 Å². The Hall–Kier alpha value is -4.39. The lowest BCUT2D eigenvalue weighted by Gasteiger charge is -2.33. The molecule has 0 saturated carbocycles. The molecular formula is C35H39N3O4. The van der Waals surface area contributed by atoms with E-state index in [-0.39, 0.29) is 18.1 Å². The Kier molecular flexibility index (Phi) is 9.06. The summed E-state index contributed by atoms with van der Waals surface area (Å²) in [5.41, 5.74) is 3.09. The summed E-state index contributed by atoms with van der Waals surface area (Å²) in [4.78, 5) is 35.9. The van der Waals surface area contributed by atoms with Crippen LogP contribution in [0.2, 0.25) is 0 Å². The maximum atomic E-state index is 13.1. The molecule has 0 aliphatic carbocycles. The molecule has 0 radical (unpaired) electrons. The monoisotopic (exact) mass is 565 g/mol. The molecule has 7 heteroatoms. The summed E-state index contributed by atoms with van der Waals surface area (Å²) in [6.07, 6.45) is 3.85. The highest BCUT2D eigenvalue weighted by Gasteiger charge is 2.26. The molecule has 0 bridgehead atoms. The molecule has 5 rings (SSSR count). The Morgan fingerprint density at radius 1 is 0.881 bits per heavy atom. The van der Waals surface area contributed by atoms with Gasteiger partial charge in [-0.1, -0.05) is 72.8 Å². The molecule has 218 valence electrons. The third-order valence-electron chi connectivity index (χ3n) is 7.40. The number of H-pyrrole nitrogens is 1. The van der Waals surface area contributed by atoms with Gasteiger partial charge in [0.05, 0.1) is 0 Å². The Morgan fingerprint density at radius 3 is 2.12 bits per heavy atom. The van der Waals surface area contributed by atoms with Gasteiger partial charge in [0.2, 0.25) is 5.75 Å². The van der Waals surface area contributed by atoms with E-state index in [2.05, 4.69) is 69.5 Å². The SMILES string of the molecule is CC(C)(C)OC(=O)c1nc(Cc2ccc(N3CCC(Cc4ccccc4)CC3)cc2)[nH]c(=O)c1OCc1ccccc1. The minimum absolute atomic E-state index is 0.116. The lowest BCUT2D eigenvalue weighted by atomic mass is 9.90. The summed E-state index contributed by atoms with van der Waals surface area (Å²) in [6.45, 7) is 7.53. The number of nitrogens with zero attached hydrogens (tertiary/aromatic N) is 2. The topological polar surface area (TPSA) is 84.5 Å². The summed E-state index contributed by atoms with van der Waals surface area (Å²) in [7, 11) is 0. The summed E-state index contributed by atoms with van der Waals surface area (Å²) >= 11 is 0. The zero-order valence-corrected chi connectivity index (χ0v) is 24.6. The number of anilines is 1. The van der Waals surface area contributed by atoms with E-state index < -0.39 is 17.1 Å². The van der Waals surface area contributed by atoms with Crippen LogP contribution in [-0.2, 0) is 24.2 Å². The van der Waals surface area contributed by atoms with Gasteiger partial charge in [-0.3, -0.25) is 4.79 Å². The second-order valence-corrected chi connectivity index (χ2v) is 11.9. The first kappa shape index (κ1) is 29.1. The predicted molar refractivity (Wildman–Crippen MR) is 165 cm³/mol. The van der Waals surface area contributed by atoms with Crippen molar-refractivity contribution in [3.8, 4) is 5.75 Å². The van der Waals surface area contributed by atoms with Gasteiger partial charge in [0.1, 0.15) is 18.0 Å². The van der Waals surface area contributed by atoms with E-state index in [0.717, 1.165) is 30.6 Å². The zero-order valence-electron chi connectivity index (χ0n) is 24.6. The molecule has 1 saturated heterocycles. The van der Waals surface area contributed by atoms with Crippen LogP contribution >= 0.6 is 0 Å². The summed E-state index contributed by atoms with van der Waals surface area (Å²) in [5, 5.41) is 0. The number of carbonyl (C=O) groups excluding carboxylic acids is 1. The quantitative estimate of drug-likeness (QED) is 0.238. The van der Waals surface area contributed by atoms with Crippen molar-refractivity contribution < 1.29 is 14.3 Å². The van der Waals surface area contributed by atoms with Crippen molar-refractivity contribution in [2.75, 3.05) is 18.0 Å². The van der Waals surface area contributed by atoms with Gasteiger partial charge >= 0.3 is 5.97 Å². The highest BCUT2D eigenvalue weighted by molar-refractivity contribution is 5.90. The molecule has 0 spiro atoms. The summed E-state index contributed by atoms with van der Waals surface area (Å²) in [5.74, 6) is 0.263. The average Bonchev–Trinajstić information content (AvgIpc) is 2.97. The van der Waals surface area contributed by atoms with Crippen molar-refractivity contribution in [1.29, 1.82) is 0 Å². The van der Waals surface area contributed by atoms with E-state index in [4.69, 9.17) is 9.47 Å². The summed E-state index contributed by atoms with van der Waals surface area (Å²) < 4.78 is 11.4. The molecule has 1 N–H and O–H groups in total. The van der Waals surface area contributed by atoms with Crippen molar-refractivity contribution in [2.24, 2.45) is 5.92 Å².